The summed E-state index contributed by atoms with van der Waals surface area (Å²) in [5.41, 5.74) is 2.61. The fraction of sp³-hybridized carbons (Fsp3) is 0.538. The van der Waals surface area contributed by atoms with Crippen molar-refractivity contribution in [2.75, 3.05) is 26.7 Å². The Labute approximate surface area is 255 Å². The summed E-state index contributed by atoms with van der Waals surface area (Å²) in [6.45, 7) is 4.97. The average Bonchev–Trinajstić information content (AvgIpc) is 3.61. The first kappa shape index (κ1) is 40.1. The standard InChI is InChI=1S/C20H27N3O2.3C2HF3O2/c1-22(13-17-3-2-7-21-12-17)19-11-20(25-16-19)5-8-23(9-6-20)14-18-4-10-24-15-18;3*3-2(4,5)1(6)7/h2-4,7,10,12,15,19H,5-6,8-9,11,13-14,16H2,1H3;3*(H,6,7). The molecule has 2 fully saturated rings. The van der Waals surface area contributed by atoms with E-state index in [1.54, 1.807) is 6.26 Å². The van der Waals surface area contributed by atoms with Crippen LogP contribution in [0.15, 0.2) is 47.5 Å². The van der Waals surface area contributed by atoms with Gasteiger partial charge in [0, 0.05) is 50.2 Å². The minimum atomic E-state index is -5.08. The Hall–Kier alpha value is -3.91. The number of hydrogen-bond acceptors (Lipinski definition) is 8. The molecule has 1 spiro atoms. The lowest BCUT2D eigenvalue weighted by Crippen LogP contribution is -2.44. The molecule has 4 rings (SSSR count). The number of pyridine rings is 1. The van der Waals surface area contributed by atoms with E-state index >= 15 is 0 Å². The van der Waals surface area contributed by atoms with E-state index in [4.69, 9.17) is 38.9 Å². The highest BCUT2D eigenvalue weighted by Crippen LogP contribution is 2.38. The number of aromatic nitrogens is 1. The quantitative estimate of drug-likeness (QED) is 0.372. The SMILES string of the molecule is CN(Cc1cccnc1)C1COC2(CCN(Cc3ccoc3)CC2)C1.O=C(O)C(F)(F)F.O=C(O)C(F)(F)F.O=C(O)C(F)(F)F. The third-order valence-electron chi connectivity index (χ3n) is 6.45. The molecule has 20 heteroatoms. The van der Waals surface area contributed by atoms with E-state index in [1.807, 2.05) is 24.7 Å². The first-order valence-electron chi connectivity index (χ1n) is 12.9. The lowest BCUT2D eigenvalue weighted by atomic mass is 9.87. The maximum absolute atomic E-state index is 10.6. The van der Waals surface area contributed by atoms with Crippen molar-refractivity contribution in [3.8, 4) is 0 Å². The van der Waals surface area contributed by atoms with Crippen molar-refractivity contribution in [2.24, 2.45) is 0 Å². The van der Waals surface area contributed by atoms with Gasteiger partial charge in [-0.15, -0.1) is 0 Å². The normalized spacial score (nSPS) is 17.9. The molecular weight excluding hydrogens is 653 g/mol. The second kappa shape index (κ2) is 17.1. The molecule has 2 aromatic rings. The molecule has 2 aliphatic rings. The van der Waals surface area contributed by atoms with Gasteiger partial charge in [0.25, 0.3) is 0 Å². The lowest BCUT2D eigenvalue weighted by Gasteiger charge is -2.38. The first-order valence-corrected chi connectivity index (χ1v) is 12.9. The Morgan fingerprint density at radius 1 is 0.913 bits per heavy atom. The van der Waals surface area contributed by atoms with Crippen molar-refractivity contribution < 1.29 is 78.4 Å². The Morgan fingerprint density at radius 3 is 1.80 bits per heavy atom. The molecule has 1 unspecified atom stereocenters. The molecule has 11 nitrogen and oxygen atoms in total. The van der Waals surface area contributed by atoms with Crippen LogP contribution in [0.5, 0.6) is 0 Å². The van der Waals surface area contributed by atoms with E-state index in [0.29, 0.717) is 6.04 Å². The van der Waals surface area contributed by atoms with Gasteiger partial charge in [0.1, 0.15) is 0 Å². The lowest BCUT2D eigenvalue weighted by molar-refractivity contribution is -0.193. The van der Waals surface area contributed by atoms with Crippen molar-refractivity contribution >= 4 is 17.9 Å². The Bertz CT molecular complexity index is 1160. The number of piperidine rings is 1. The van der Waals surface area contributed by atoms with Crippen LogP contribution in [0, 0.1) is 0 Å². The molecule has 46 heavy (non-hydrogen) atoms. The third-order valence-corrected chi connectivity index (χ3v) is 6.45. The van der Waals surface area contributed by atoms with Crippen molar-refractivity contribution in [3.05, 3.63) is 54.2 Å². The van der Waals surface area contributed by atoms with Crippen molar-refractivity contribution in [1.29, 1.82) is 0 Å². The predicted molar refractivity (Wildman–Crippen MR) is 137 cm³/mol. The van der Waals surface area contributed by atoms with E-state index < -0.39 is 36.4 Å². The van der Waals surface area contributed by atoms with Crippen LogP contribution < -0.4 is 0 Å². The molecule has 2 saturated heterocycles. The fourth-order valence-electron chi connectivity index (χ4n) is 4.12. The van der Waals surface area contributed by atoms with Gasteiger partial charge in [-0.2, -0.15) is 39.5 Å². The van der Waals surface area contributed by atoms with Crippen molar-refractivity contribution in [2.45, 2.75) is 62.5 Å². The molecule has 260 valence electrons. The van der Waals surface area contributed by atoms with Crippen LogP contribution in [-0.2, 0) is 32.2 Å². The number of carbonyl (C=O) groups is 3. The largest absolute Gasteiger partial charge is 0.490 e. The van der Waals surface area contributed by atoms with Crippen LogP contribution in [-0.4, -0.2) is 105 Å². The van der Waals surface area contributed by atoms with E-state index in [1.165, 1.54) is 11.1 Å². The topological polar surface area (TPSA) is 154 Å². The second-order valence-electron chi connectivity index (χ2n) is 9.94. The van der Waals surface area contributed by atoms with E-state index in [0.717, 1.165) is 52.0 Å². The summed E-state index contributed by atoms with van der Waals surface area (Å²) in [5.74, 6) is -8.27. The number of ether oxygens (including phenoxy) is 1. The van der Waals surface area contributed by atoms with Gasteiger partial charge in [0.2, 0.25) is 0 Å². The fourth-order valence-corrected chi connectivity index (χ4v) is 4.12. The van der Waals surface area contributed by atoms with Crippen LogP contribution in [0.4, 0.5) is 39.5 Å². The number of aliphatic carboxylic acids is 3. The molecule has 0 amide bonds. The molecule has 3 N–H and O–H groups in total. The minimum Gasteiger partial charge on any atom is -0.475 e. The molecule has 1 atom stereocenters. The van der Waals surface area contributed by atoms with Gasteiger partial charge in [0.15, 0.2) is 0 Å². The molecule has 4 heterocycles. The van der Waals surface area contributed by atoms with Crippen molar-refractivity contribution in [1.82, 2.24) is 14.8 Å². The number of hydrogen-bond donors (Lipinski definition) is 3. The van der Waals surface area contributed by atoms with Crippen LogP contribution >= 0.6 is 0 Å². The van der Waals surface area contributed by atoms with Gasteiger partial charge >= 0.3 is 36.4 Å². The minimum absolute atomic E-state index is 0.0841. The van der Waals surface area contributed by atoms with Crippen LogP contribution in [0.1, 0.15) is 30.4 Å². The number of furan rings is 1. The van der Waals surface area contributed by atoms with Crippen LogP contribution in [0.2, 0.25) is 0 Å². The second-order valence-corrected chi connectivity index (χ2v) is 9.94. The predicted octanol–water partition coefficient (Wildman–Crippen LogP) is 4.83. The third kappa shape index (κ3) is 14.9. The summed E-state index contributed by atoms with van der Waals surface area (Å²) in [7, 11) is 2.20. The highest BCUT2D eigenvalue weighted by Gasteiger charge is 2.44. The van der Waals surface area contributed by atoms with Gasteiger partial charge < -0.3 is 24.5 Å². The van der Waals surface area contributed by atoms with Crippen molar-refractivity contribution in [3.63, 3.8) is 0 Å². The van der Waals surface area contributed by atoms with Crippen LogP contribution in [0.3, 0.4) is 0 Å². The van der Waals surface area contributed by atoms with Gasteiger partial charge in [-0.1, -0.05) is 6.07 Å². The zero-order valence-electron chi connectivity index (χ0n) is 23.9. The summed E-state index contributed by atoms with van der Waals surface area (Å²) in [4.78, 5) is 35.8. The summed E-state index contributed by atoms with van der Waals surface area (Å²) < 4.78 is 107. The number of rotatable bonds is 5. The highest BCUT2D eigenvalue weighted by atomic mass is 19.4. The smallest absolute Gasteiger partial charge is 0.475 e. The van der Waals surface area contributed by atoms with Gasteiger partial charge in [0.05, 0.1) is 24.7 Å². The molecule has 2 aliphatic heterocycles. The van der Waals surface area contributed by atoms with Gasteiger partial charge in [-0.3, -0.25) is 14.8 Å². The zero-order chi connectivity index (χ0) is 35.3. The number of carboxylic acid groups (broad SMARTS) is 3. The van der Waals surface area contributed by atoms with Gasteiger partial charge in [-0.25, -0.2) is 14.4 Å². The average molecular weight is 684 g/mol. The number of alkyl halides is 9. The van der Waals surface area contributed by atoms with E-state index in [9.17, 15) is 39.5 Å². The number of carboxylic acids is 3. The summed E-state index contributed by atoms with van der Waals surface area (Å²) in [6.07, 6.45) is -4.47. The molecular formula is C26H30F9N3O8. The Morgan fingerprint density at radius 2 is 1.41 bits per heavy atom. The highest BCUT2D eigenvalue weighted by molar-refractivity contribution is 5.73. The molecule has 2 aromatic heterocycles. The molecule has 0 aromatic carbocycles. The summed E-state index contributed by atoms with van der Waals surface area (Å²) in [6, 6.07) is 6.70. The van der Waals surface area contributed by atoms with Gasteiger partial charge in [-0.05, 0) is 44.0 Å². The zero-order valence-corrected chi connectivity index (χ0v) is 23.9. The Balaban J connectivity index is 0.000000413. The van der Waals surface area contributed by atoms with Crippen LogP contribution in [0.25, 0.3) is 0 Å². The number of nitrogens with zero attached hydrogens (tertiary/aromatic N) is 3. The van der Waals surface area contributed by atoms with E-state index in [2.05, 4.69) is 34.0 Å². The van der Waals surface area contributed by atoms with E-state index in [-0.39, 0.29) is 5.60 Å². The Kier molecular flexibility index (Phi) is 14.9. The molecule has 0 radical (unpaired) electrons. The number of likely N-dealkylation sites (tertiary alicyclic amines) is 1. The summed E-state index contributed by atoms with van der Waals surface area (Å²) >= 11 is 0. The maximum Gasteiger partial charge on any atom is 0.490 e. The first-order chi connectivity index (χ1) is 21.1. The molecule has 0 bridgehead atoms. The maximum atomic E-state index is 10.6. The monoisotopic (exact) mass is 683 g/mol. The molecule has 0 aliphatic carbocycles. The number of likely N-dealkylation sites (N-methyl/N-ethyl adjacent to an activating group) is 1. The number of halogens is 9. The summed E-state index contributed by atoms with van der Waals surface area (Å²) in [5, 5.41) is 21.4. The molecule has 0 saturated carbocycles.